The molecule has 2 fully saturated rings. The first-order valence-electron chi connectivity index (χ1n) is 10.3. The number of nitrogens with one attached hydrogen (secondary N) is 2. The Morgan fingerprint density at radius 2 is 2.04 bits per heavy atom. The summed E-state index contributed by atoms with van der Waals surface area (Å²) < 4.78 is 29.1. The molecule has 8 nitrogen and oxygen atoms in total. The van der Waals surface area contributed by atoms with Crippen LogP contribution in [0.25, 0.3) is 16.8 Å². The number of nitrogens with zero attached hydrogens (tertiary/aromatic N) is 4. The van der Waals surface area contributed by atoms with E-state index < -0.39 is 10.0 Å². The van der Waals surface area contributed by atoms with Crippen LogP contribution in [0.3, 0.4) is 0 Å². The monoisotopic (exact) mass is 402 g/mol. The van der Waals surface area contributed by atoms with Crippen molar-refractivity contribution in [3.8, 4) is 0 Å². The fourth-order valence-electron chi connectivity index (χ4n) is 4.67. The Morgan fingerprint density at radius 1 is 1.21 bits per heavy atom. The molecule has 2 aliphatic carbocycles. The second-order valence-corrected chi connectivity index (χ2v) is 10.3. The largest absolute Gasteiger partial charge is 0.345 e. The molecule has 0 atom stereocenters. The minimum Gasteiger partial charge on any atom is -0.345 e. The summed E-state index contributed by atoms with van der Waals surface area (Å²) in [5.74, 6) is 0.999. The zero-order valence-corrected chi connectivity index (χ0v) is 16.7. The summed E-state index contributed by atoms with van der Waals surface area (Å²) in [5.41, 5.74) is 2.53. The molecule has 150 valence electrons. The molecule has 0 radical (unpaired) electrons. The van der Waals surface area contributed by atoms with Gasteiger partial charge < -0.3 is 4.98 Å². The van der Waals surface area contributed by atoms with Crippen LogP contribution in [0.2, 0.25) is 0 Å². The molecule has 2 N–H and O–H groups in total. The van der Waals surface area contributed by atoms with Gasteiger partial charge in [0.05, 0.1) is 17.0 Å². The van der Waals surface area contributed by atoms with Crippen molar-refractivity contribution >= 4 is 26.8 Å². The van der Waals surface area contributed by atoms with E-state index in [2.05, 4.69) is 29.3 Å². The first kappa shape index (κ1) is 18.1. The molecule has 2 aliphatic rings. The van der Waals surface area contributed by atoms with E-state index in [9.17, 15) is 8.42 Å². The van der Waals surface area contributed by atoms with Crippen molar-refractivity contribution in [3.63, 3.8) is 0 Å². The molecule has 5 rings (SSSR count). The quantitative estimate of drug-likeness (QED) is 0.591. The molecule has 3 heterocycles. The topological polar surface area (TPSA) is 105 Å². The van der Waals surface area contributed by atoms with Crippen LogP contribution in [0.5, 0.6) is 0 Å². The average Bonchev–Trinajstić information content (AvgIpc) is 3.30. The van der Waals surface area contributed by atoms with Crippen LogP contribution < -0.4 is 4.72 Å². The van der Waals surface area contributed by atoms with Gasteiger partial charge in [-0.3, -0.25) is 4.40 Å². The van der Waals surface area contributed by atoms with E-state index in [0.29, 0.717) is 6.54 Å². The molecule has 3 aromatic heterocycles. The van der Waals surface area contributed by atoms with Gasteiger partial charge in [0.2, 0.25) is 10.0 Å². The number of sulfonamides is 1. The van der Waals surface area contributed by atoms with E-state index in [1.807, 2.05) is 12.3 Å². The van der Waals surface area contributed by atoms with E-state index in [1.165, 1.54) is 19.3 Å². The molecule has 0 aliphatic heterocycles. The zero-order chi connectivity index (χ0) is 19.2. The van der Waals surface area contributed by atoms with Crippen molar-refractivity contribution in [1.82, 2.24) is 29.3 Å². The highest BCUT2D eigenvalue weighted by atomic mass is 32.2. The molecular formula is C19H26N6O2S. The van der Waals surface area contributed by atoms with Gasteiger partial charge in [0.25, 0.3) is 0 Å². The van der Waals surface area contributed by atoms with Gasteiger partial charge in [0.15, 0.2) is 11.3 Å². The summed E-state index contributed by atoms with van der Waals surface area (Å²) in [6.45, 7) is 0.498. The maximum absolute atomic E-state index is 12.1. The Hall–Kier alpha value is -2.00. The number of fused-ring (bicyclic) bond motifs is 3. The molecular weight excluding hydrogens is 376 g/mol. The van der Waals surface area contributed by atoms with Crippen LogP contribution in [-0.4, -0.2) is 44.8 Å². The van der Waals surface area contributed by atoms with Gasteiger partial charge in [-0.25, -0.2) is 18.1 Å². The Bertz CT molecular complexity index is 1090. The second-order valence-electron chi connectivity index (χ2n) is 8.27. The summed E-state index contributed by atoms with van der Waals surface area (Å²) in [4.78, 5) is 7.59. The molecule has 0 unspecified atom stereocenters. The highest BCUT2D eigenvalue weighted by Crippen LogP contribution is 2.42. The highest BCUT2D eigenvalue weighted by molar-refractivity contribution is 7.90. The molecule has 0 amide bonds. The van der Waals surface area contributed by atoms with Gasteiger partial charge in [-0.2, -0.15) is 0 Å². The Balaban J connectivity index is 1.43. The van der Waals surface area contributed by atoms with Crippen LogP contribution in [-0.2, 0) is 15.4 Å². The number of hydrogen-bond donors (Lipinski definition) is 2. The third-order valence-corrected chi connectivity index (χ3v) is 8.28. The van der Waals surface area contributed by atoms with E-state index in [-0.39, 0.29) is 10.7 Å². The molecule has 9 heteroatoms. The first-order valence-corrected chi connectivity index (χ1v) is 11.8. The highest BCUT2D eigenvalue weighted by Gasteiger charge is 2.39. The van der Waals surface area contributed by atoms with E-state index in [1.54, 1.807) is 6.20 Å². The smallest absolute Gasteiger partial charge is 0.214 e. The van der Waals surface area contributed by atoms with Crippen molar-refractivity contribution in [2.75, 3.05) is 6.54 Å². The molecule has 0 aromatic carbocycles. The third kappa shape index (κ3) is 3.10. The van der Waals surface area contributed by atoms with Gasteiger partial charge in [-0.15, -0.1) is 10.2 Å². The number of aromatic nitrogens is 5. The van der Waals surface area contributed by atoms with Gasteiger partial charge in [-0.05, 0) is 44.6 Å². The lowest BCUT2D eigenvalue weighted by atomic mass is 9.70. The Kier molecular flexibility index (Phi) is 4.39. The average molecular weight is 403 g/mol. The number of aromatic amines is 1. The maximum atomic E-state index is 12.1. The summed E-state index contributed by atoms with van der Waals surface area (Å²) in [7, 11) is -3.12. The van der Waals surface area contributed by atoms with Crippen molar-refractivity contribution in [2.24, 2.45) is 0 Å². The summed E-state index contributed by atoms with van der Waals surface area (Å²) in [6, 6.07) is 2.02. The predicted octanol–water partition coefficient (Wildman–Crippen LogP) is 2.67. The lowest BCUT2D eigenvalue weighted by molar-refractivity contribution is 0.253. The normalized spacial score (nSPS) is 20.1. The summed E-state index contributed by atoms with van der Waals surface area (Å²) >= 11 is 0. The van der Waals surface area contributed by atoms with Crippen molar-refractivity contribution in [3.05, 3.63) is 24.3 Å². The fraction of sp³-hybridized carbons (Fsp3) is 0.632. The minimum atomic E-state index is -3.12. The fourth-order valence-corrected chi connectivity index (χ4v) is 6.09. The first-order chi connectivity index (χ1) is 13.6. The standard InChI is InChI=1S/C19H26N6O2S/c26-28(27,14-5-6-14)22-11-4-10-19(8-2-1-3-9-19)18-24-23-16-13-21-17-15(25(16)18)7-12-20-17/h7,12-14,20,22H,1-6,8-11H2. The lowest BCUT2D eigenvalue weighted by Gasteiger charge is -2.36. The molecule has 0 spiro atoms. The van der Waals surface area contributed by atoms with Crippen LogP contribution in [0.1, 0.15) is 63.6 Å². The molecule has 2 saturated carbocycles. The Morgan fingerprint density at radius 3 is 2.82 bits per heavy atom. The number of H-pyrrole nitrogens is 1. The Labute approximate surface area is 164 Å². The molecule has 0 saturated heterocycles. The van der Waals surface area contributed by atoms with Gasteiger partial charge in [-0.1, -0.05) is 19.3 Å². The molecule has 3 aromatic rings. The second kappa shape index (κ2) is 6.81. The summed E-state index contributed by atoms with van der Waals surface area (Å²) in [5, 5.41) is 8.84. The molecule has 28 heavy (non-hydrogen) atoms. The molecule has 0 bridgehead atoms. The summed E-state index contributed by atoms with van der Waals surface area (Å²) in [6.07, 6.45) is 12.7. The predicted molar refractivity (Wildman–Crippen MR) is 107 cm³/mol. The van der Waals surface area contributed by atoms with Crippen LogP contribution in [0, 0.1) is 0 Å². The van der Waals surface area contributed by atoms with Crippen molar-refractivity contribution in [1.29, 1.82) is 0 Å². The van der Waals surface area contributed by atoms with Crippen LogP contribution >= 0.6 is 0 Å². The lowest BCUT2D eigenvalue weighted by Crippen LogP contribution is -2.34. The van der Waals surface area contributed by atoms with Crippen LogP contribution in [0.15, 0.2) is 18.5 Å². The minimum absolute atomic E-state index is 0.0613. The third-order valence-electron chi connectivity index (χ3n) is 6.33. The van der Waals surface area contributed by atoms with Crippen molar-refractivity contribution < 1.29 is 8.42 Å². The van der Waals surface area contributed by atoms with E-state index in [4.69, 9.17) is 0 Å². The number of hydrogen-bond acceptors (Lipinski definition) is 5. The van der Waals surface area contributed by atoms with Gasteiger partial charge in [0.1, 0.15) is 5.82 Å². The zero-order valence-electron chi connectivity index (χ0n) is 15.9. The van der Waals surface area contributed by atoms with Crippen molar-refractivity contribution in [2.45, 2.75) is 68.5 Å². The van der Waals surface area contributed by atoms with E-state index >= 15 is 0 Å². The SMILES string of the molecule is O=S(=O)(NCCCC1(c2nnc3cnc4[nH]ccc4n23)CCCCC1)C1CC1. The number of rotatable bonds is 7. The van der Waals surface area contributed by atoms with Crippen LogP contribution in [0.4, 0.5) is 0 Å². The van der Waals surface area contributed by atoms with Gasteiger partial charge >= 0.3 is 0 Å². The van der Waals surface area contributed by atoms with Gasteiger partial charge in [0, 0.05) is 18.2 Å². The maximum Gasteiger partial charge on any atom is 0.214 e. The van der Waals surface area contributed by atoms with E-state index in [0.717, 1.165) is 61.2 Å².